The number of carbonyl (C=O) groups excluding carboxylic acids is 1. The third-order valence-electron chi connectivity index (χ3n) is 5.21. The van der Waals surface area contributed by atoms with Gasteiger partial charge >= 0.3 is 5.97 Å². The van der Waals surface area contributed by atoms with Gasteiger partial charge in [0.25, 0.3) is 0 Å². The summed E-state index contributed by atoms with van der Waals surface area (Å²) in [5.41, 5.74) is 5.21. The lowest BCUT2D eigenvalue weighted by molar-refractivity contribution is -0.145. The van der Waals surface area contributed by atoms with Gasteiger partial charge in [-0.05, 0) is 43.9 Å². The lowest BCUT2D eigenvalue weighted by Crippen LogP contribution is -2.58. The monoisotopic (exact) mass is 268 g/mol. The first-order chi connectivity index (χ1) is 8.92. The zero-order valence-electron chi connectivity index (χ0n) is 11.7. The summed E-state index contributed by atoms with van der Waals surface area (Å²) in [5.74, 6) is -0.869. The number of nitrogens with two attached hydrogens (primary N) is 1. The standard InChI is InChI=1S/C14H24N2O3/c1-3-14(15,4-2)13(19)16-11-9-6-5-8(7-9)10(11)12(17)18/h8-11H,3-7,15H2,1-2H3,(H,16,19)(H,17,18). The molecule has 0 aromatic rings. The Bertz CT molecular complexity index is 379. The summed E-state index contributed by atoms with van der Waals surface area (Å²) >= 11 is 0. The van der Waals surface area contributed by atoms with Gasteiger partial charge in [0.15, 0.2) is 0 Å². The van der Waals surface area contributed by atoms with Crippen molar-refractivity contribution < 1.29 is 14.7 Å². The molecule has 2 bridgehead atoms. The molecular formula is C14H24N2O3. The third-order valence-corrected chi connectivity index (χ3v) is 5.21. The maximum Gasteiger partial charge on any atom is 0.308 e. The summed E-state index contributed by atoms with van der Waals surface area (Å²) in [6.07, 6.45) is 4.05. The number of carboxylic acid groups (broad SMARTS) is 1. The molecule has 2 saturated carbocycles. The summed E-state index contributed by atoms with van der Waals surface area (Å²) in [6.45, 7) is 3.77. The van der Waals surface area contributed by atoms with Crippen LogP contribution in [0.1, 0.15) is 46.0 Å². The topological polar surface area (TPSA) is 92.4 Å². The molecule has 0 aliphatic heterocycles. The van der Waals surface area contributed by atoms with E-state index in [-0.39, 0.29) is 17.9 Å². The molecule has 2 aliphatic rings. The predicted molar refractivity (Wildman–Crippen MR) is 71.4 cm³/mol. The molecule has 2 fully saturated rings. The minimum atomic E-state index is -0.870. The number of rotatable bonds is 5. The van der Waals surface area contributed by atoms with Crippen LogP contribution in [0, 0.1) is 17.8 Å². The number of fused-ring (bicyclic) bond motifs is 2. The van der Waals surface area contributed by atoms with Gasteiger partial charge in [-0.15, -0.1) is 0 Å². The number of aliphatic carboxylic acids is 1. The largest absolute Gasteiger partial charge is 0.481 e. The predicted octanol–water partition coefficient (Wildman–Crippen LogP) is 1.12. The van der Waals surface area contributed by atoms with E-state index in [2.05, 4.69) is 5.32 Å². The van der Waals surface area contributed by atoms with Crippen molar-refractivity contribution in [2.45, 2.75) is 57.5 Å². The first-order valence-electron chi connectivity index (χ1n) is 7.25. The molecule has 0 aromatic carbocycles. The van der Waals surface area contributed by atoms with Gasteiger partial charge in [-0.1, -0.05) is 13.8 Å². The first kappa shape index (κ1) is 14.3. The van der Waals surface area contributed by atoms with E-state index in [1.165, 1.54) is 0 Å². The number of carbonyl (C=O) groups is 2. The molecule has 108 valence electrons. The average molecular weight is 268 g/mol. The van der Waals surface area contributed by atoms with Crippen molar-refractivity contribution in [2.24, 2.45) is 23.5 Å². The van der Waals surface area contributed by atoms with Gasteiger partial charge in [-0.2, -0.15) is 0 Å². The van der Waals surface area contributed by atoms with Gasteiger partial charge in [0.05, 0.1) is 11.5 Å². The van der Waals surface area contributed by atoms with Gasteiger partial charge in [0.2, 0.25) is 5.91 Å². The maximum atomic E-state index is 12.3. The van der Waals surface area contributed by atoms with Crippen LogP contribution in [-0.2, 0) is 9.59 Å². The Balaban J connectivity index is 2.10. The molecule has 0 saturated heterocycles. The molecule has 4 atom stereocenters. The van der Waals surface area contributed by atoms with Gasteiger partial charge in [0, 0.05) is 6.04 Å². The number of hydrogen-bond donors (Lipinski definition) is 3. The molecule has 2 aliphatic carbocycles. The molecule has 0 radical (unpaired) electrons. The van der Waals surface area contributed by atoms with Crippen molar-refractivity contribution in [1.29, 1.82) is 0 Å². The van der Waals surface area contributed by atoms with Crippen LogP contribution in [-0.4, -0.2) is 28.6 Å². The fourth-order valence-electron chi connectivity index (χ4n) is 3.72. The van der Waals surface area contributed by atoms with Gasteiger partial charge in [-0.3, -0.25) is 9.59 Å². The number of amides is 1. The Labute approximate surface area is 113 Å². The number of carboxylic acids is 1. The van der Waals surface area contributed by atoms with Crippen LogP contribution in [0.5, 0.6) is 0 Å². The van der Waals surface area contributed by atoms with Crippen LogP contribution in [0.3, 0.4) is 0 Å². The van der Waals surface area contributed by atoms with Crippen LogP contribution in [0.4, 0.5) is 0 Å². The van der Waals surface area contributed by atoms with E-state index in [1.807, 2.05) is 13.8 Å². The van der Waals surface area contributed by atoms with E-state index in [9.17, 15) is 14.7 Å². The van der Waals surface area contributed by atoms with Crippen LogP contribution in [0.15, 0.2) is 0 Å². The molecule has 4 unspecified atom stereocenters. The van der Waals surface area contributed by atoms with E-state index in [0.717, 1.165) is 19.3 Å². The highest BCUT2D eigenvalue weighted by Gasteiger charge is 2.52. The van der Waals surface area contributed by atoms with Gasteiger partial charge in [-0.25, -0.2) is 0 Å². The van der Waals surface area contributed by atoms with Crippen molar-refractivity contribution in [3.8, 4) is 0 Å². The van der Waals surface area contributed by atoms with Crippen molar-refractivity contribution in [3.63, 3.8) is 0 Å². The second-order valence-electron chi connectivity index (χ2n) is 6.06. The molecule has 19 heavy (non-hydrogen) atoms. The fraction of sp³-hybridized carbons (Fsp3) is 0.857. The molecule has 0 spiro atoms. The van der Waals surface area contributed by atoms with Crippen LogP contribution in [0.25, 0.3) is 0 Å². The Kier molecular flexibility index (Phi) is 3.85. The van der Waals surface area contributed by atoms with Crippen molar-refractivity contribution in [3.05, 3.63) is 0 Å². The Hall–Kier alpha value is -1.10. The first-order valence-corrected chi connectivity index (χ1v) is 7.25. The van der Waals surface area contributed by atoms with Gasteiger partial charge in [0.1, 0.15) is 0 Å². The molecule has 1 amide bonds. The van der Waals surface area contributed by atoms with E-state index in [1.54, 1.807) is 0 Å². The number of nitrogens with one attached hydrogen (secondary N) is 1. The minimum absolute atomic E-state index is 0.193. The lowest BCUT2D eigenvalue weighted by atomic mass is 9.83. The molecular weight excluding hydrogens is 244 g/mol. The van der Waals surface area contributed by atoms with Crippen LogP contribution in [0.2, 0.25) is 0 Å². The normalized spacial score (nSPS) is 33.4. The quantitative estimate of drug-likeness (QED) is 0.696. The highest BCUT2D eigenvalue weighted by atomic mass is 16.4. The molecule has 4 N–H and O–H groups in total. The molecule has 0 aromatic heterocycles. The Morgan fingerprint density at radius 1 is 1.26 bits per heavy atom. The Morgan fingerprint density at radius 3 is 2.37 bits per heavy atom. The average Bonchev–Trinajstić information content (AvgIpc) is 2.98. The van der Waals surface area contributed by atoms with Gasteiger partial charge < -0.3 is 16.2 Å². The SMILES string of the molecule is CCC(N)(CC)C(=O)NC1C2CCC(C2)C1C(=O)O. The summed E-state index contributed by atoms with van der Waals surface area (Å²) in [4.78, 5) is 23.7. The second-order valence-corrected chi connectivity index (χ2v) is 6.06. The highest BCUT2D eigenvalue weighted by Crippen LogP contribution is 2.48. The molecule has 5 heteroatoms. The smallest absolute Gasteiger partial charge is 0.308 e. The van der Waals surface area contributed by atoms with Crippen LogP contribution < -0.4 is 11.1 Å². The maximum absolute atomic E-state index is 12.3. The zero-order chi connectivity index (χ0) is 14.2. The fourth-order valence-corrected chi connectivity index (χ4v) is 3.72. The summed E-state index contributed by atoms with van der Waals surface area (Å²) < 4.78 is 0. The van der Waals surface area contributed by atoms with Crippen molar-refractivity contribution >= 4 is 11.9 Å². The molecule has 5 nitrogen and oxygen atoms in total. The van der Waals surface area contributed by atoms with E-state index in [0.29, 0.717) is 18.8 Å². The van der Waals surface area contributed by atoms with Crippen molar-refractivity contribution in [1.82, 2.24) is 5.32 Å². The third kappa shape index (κ3) is 2.36. The zero-order valence-corrected chi connectivity index (χ0v) is 11.7. The molecule has 2 rings (SSSR count). The Morgan fingerprint density at radius 2 is 1.84 bits per heavy atom. The second kappa shape index (κ2) is 5.12. The lowest BCUT2D eigenvalue weighted by Gasteiger charge is -2.33. The van der Waals surface area contributed by atoms with E-state index < -0.39 is 17.4 Å². The minimum Gasteiger partial charge on any atom is -0.481 e. The molecule has 0 heterocycles. The summed E-state index contributed by atoms with van der Waals surface area (Å²) in [5, 5.41) is 12.3. The number of hydrogen-bond acceptors (Lipinski definition) is 3. The van der Waals surface area contributed by atoms with E-state index in [4.69, 9.17) is 5.73 Å². The van der Waals surface area contributed by atoms with Crippen LogP contribution >= 0.6 is 0 Å². The van der Waals surface area contributed by atoms with Crippen molar-refractivity contribution in [2.75, 3.05) is 0 Å². The summed E-state index contributed by atoms with van der Waals surface area (Å²) in [6, 6.07) is -0.232. The van der Waals surface area contributed by atoms with E-state index >= 15 is 0 Å². The summed E-state index contributed by atoms with van der Waals surface area (Å²) in [7, 11) is 0. The highest BCUT2D eigenvalue weighted by molar-refractivity contribution is 5.87.